The summed E-state index contributed by atoms with van der Waals surface area (Å²) in [5.41, 5.74) is 1.19. The number of aldehydes is 1. The number of likely N-dealkylation sites (N-methyl/N-ethyl adjacent to an activating group) is 1. The molecule has 1 aliphatic carbocycles. The van der Waals surface area contributed by atoms with Gasteiger partial charge in [0, 0.05) is 22.5 Å². The lowest BCUT2D eigenvalue weighted by Crippen LogP contribution is -2.43. The lowest BCUT2D eigenvalue weighted by atomic mass is 9.76. The summed E-state index contributed by atoms with van der Waals surface area (Å²) >= 11 is 0. The Morgan fingerprint density at radius 2 is 1.76 bits per heavy atom. The molecule has 12 heteroatoms. The predicted molar refractivity (Wildman–Crippen MR) is 196 cm³/mol. The van der Waals surface area contributed by atoms with Gasteiger partial charge in [-0.3, -0.25) is 9.69 Å². The number of carbonyl (C=O) groups excluding carboxylic acids is 4. The van der Waals surface area contributed by atoms with Crippen LogP contribution in [0.15, 0.2) is 24.3 Å². The van der Waals surface area contributed by atoms with Crippen LogP contribution in [0.4, 0.5) is 19.3 Å². The van der Waals surface area contributed by atoms with Crippen molar-refractivity contribution in [3.05, 3.63) is 30.0 Å². The number of hydrogen-bond donors (Lipinski definition) is 2. The van der Waals surface area contributed by atoms with Gasteiger partial charge in [-0.15, -0.1) is 0 Å². The number of aromatic nitrogens is 1. The second kappa shape index (κ2) is 20.5. The van der Waals surface area contributed by atoms with Crippen LogP contribution in [0.25, 0.3) is 10.9 Å². The first kappa shape index (κ1) is 41.9. The standard InChI is InChI=1S/C25H34FN3O3.C14H26FNO3/c1-3-32-25(31)22-16-18-15-19(9-10-21(18)29(22)14-12-26)27-24(30)23-20(11-13-28(23)2)17-7-5-4-6-8-17;1-5-11(10-17)7-6-8-12(9-15)16-13(18)19-14(2,3)4/h9-10,15-17,20,23H,3-8,11-14H2,1-2H3,(H,27,30);10-12H,5-9H2,1-4H3,(H,16,18). The molecule has 2 aliphatic rings. The van der Waals surface area contributed by atoms with E-state index < -0.39 is 37.1 Å². The molecule has 0 radical (unpaired) electrons. The first-order chi connectivity index (χ1) is 24.3. The Bertz CT molecular complexity index is 1420. The zero-order chi connectivity index (χ0) is 37.6. The Morgan fingerprint density at radius 1 is 1.04 bits per heavy atom. The van der Waals surface area contributed by atoms with E-state index in [1.54, 1.807) is 38.3 Å². The van der Waals surface area contributed by atoms with Crippen molar-refractivity contribution in [1.82, 2.24) is 14.8 Å². The molecule has 1 aliphatic heterocycles. The summed E-state index contributed by atoms with van der Waals surface area (Å²) in [7, 11) is 2.04. The van der Waals surface area contributed by atoms with E-state index in [0.29, 0.717) is 36.1 Å². The molecule has 2 amide bonds. The zero-order valence-corrected chi connectivity index (χ0v) is 31.5. The molecule has 1 aromatic carbocycles. The number of nitrogens with zero attached hydrogens (tertiary/aromatic N) is 2. The molecule has 2 fully saturated rings. The first-order valence-corrected chi connectivity index (χ1v) is 18.7. The number of benzene rings is 1. The normalized spacial score (nSPS) is 19.5. The Morgan fingerprint density at radius 3 is 2.37 bits per heavy atom. The number of carbonyl (C=O) groups is 4. The van der Waals surface area contributed by atoms with E-state index in [1.807, 2.05) is 32.2 Å². The average molecular weight is 719 g/mol. The molecule has 2 heterocycles. The number of likely N-dealkylation sites (tertiary alicyclic amines) is 1. The van der Waals surface area contributed by atoms with Gasteiger partial charge in [0.15, 0.2) is 0 Å². The Kier molecular flexibility index (Phi) is 16.8. The van der Waals surface area contributed by atoms with Crippen LogP contribution in [0, 0.1) is 17.8 Å². The summed E-state index contributed by atoms with van der Waals surface area (Å²) in [6.07, 6.45) is 10.5. The minimum Gasteiger partial charge on any atom is -0.461 e. The van der Waals surface area contributed by atoms with Gasteiger partial charge in [-0.05, 0) is 103 Å². The van der Waals surface area contributed by atoms with Gasteiger partial charge >= 0.3 is 12.1 Å². The number of halogens is 2. The lowest BCUT2D eigenvalue weighted by molar-refractivity contribution is -0.121. The molecular weight excluding hydrogens is 658 g/mol. The molecule has 1 saturated carbocycles. The van der Waals surface area contributed by atoms with Crippen molar-refractivity contribution in [2.75, 3.05) is 38.9 Å². The SMILES string of the molecule is CCC(C=O)CCCC(CF)NC(=O)OC(C)(C)C.CCOC(=O)c1cc2cc(NC(=O)C3C(C4CCCCC4)CCN3C)ccc2n1CCF. The topological polar surface area (TPSA) is 119 Å². The average Bonchev–Trinajstić information content (AvgIpc) is 3.66. The lowest BCUT2D eigenvalue weighted by Gasteiger charge is -2.32. The summed E-state index contributed by atoms with van der Waals surface area (Å²) < 4.78 is 37.8. The summed E-state index contributed by atoms with van der Waals surface area (Å²) in [5.74, 6) is 0.639. The molecule has 4 unspecified atom stereocenters. The number of esters is 1. The van der Waals surface area contributed by atoms with Crippen molar-refractivity contribution >= 4 is 40.8 Å². The highest BCUT2D eigenvalue weighted by Crippen LogP contribution is 2.39. The summed E-state index contributed by atoms with van der Waals surface area (Å²) in [6.45, 7) is 9.05. The van der Waals surface area contributed by atoms with E-state index in [0.717, 1.165) is 43.0 Å². The second-order valence-electron chi connectivity index (χ2n) is 14.9. The van der Waals surface area contributed by atoms with Crippen molar-refractivity contribution in [3.63, 3.8) is 0 Å². The maximum atomic E-state index is 13.3. The van der Waals surface area contributed by atoms with Gasteiger partial charge in [0.1, 0.15) is 30.9 Å². The van der Waals surface area contributed by atoms with Gasteiger partial charge in [0.05, 0.1) is 25.2 Å². The van der Waals surface area contributed by atoms with Crippen molar-refractivity contribution in [3.8, 4) is 0 Å². The quantitative estimate of drug-likeness (QED) is 0.142. The summed E-state index contributed by atoms with van der Waals surface area (Å²) in [4.78, 5) is 49.9. The number of rotatable bonds is 15. The van der Waals surface area contributed by atoms with Gasteiger partial charge in [-0.2, -0.15) is 0 Å². The molecule has 51 heavy (non-hydrogen) atoms. The van der Waals surface area contributed by atoms with Crippen LogP contribution in [0.1, 0.15) is 109 Å². The van der Waals surface area contributed by atoms with Crippen LogP contribution in [-0.2, 0) is 25.6 Å². The van der Waals surface area contributed by atoms with Crippen LogP contribution in [-0.4, -0.2) is 85.0 Å². The maximum absolute atomic E-state index is 13.3. The molecule has 2 N–H and O–H groups in total. The number of aryl methyl sites for hydroxylation is 1. The number of nitrogens with one attached hydrogen (secondary N) is 2. The van der Waals surface area contributed by atoms with Crippen LogP contribution in [0.3, 0.4) is 0 Å². The van der Waals surface area contributed by atoms with E-state index in [9.17, 15) is 28.0 Å². The van der Waals surface area contributed by atoms with Crippen molar-refractivity contribution in [2.45, 2.75) is 123 Å². The first-order valence-electron chi connectivity index (χ1n) is 18.7. The second-order valence-corrected chi connectivity index (χ2v) is 14.9. The van der Waals surface area contributed by atoms with E-state index in [-0.39, 0.29) is 31.0 Å². The van der Waals surface area contributed by atoms with Gasteiger partial charge in [-0.1, -0.05) is 45.4 Å². The van der Waals surface area contributed by atoms with Gasteiger partial charge < -0.3 is 29.5 Å². The minimum atomic E-state index is -0.628. The summed E-state index contributed by atoms with van der Waals surface area (Å²) in [5, 5.41) is 6.40. The molecular formula is C39H60F2N4O6. The Labute approximate surface area is 302 Å². The minimum absolute atomic E-state index is 0.0294. The molecule has 10 nitrogen and oxygen atoms in total. The fourth-order valence-electron chi connectivity index (χ4n) is 7.35. The number of amides is 2. The van der Waals surface area contributed by atoms with Crippen LogP contribution in [0.5, 0.6) is 0 Å². The number of hydrogen-bond acceptors (Lipinski definition) is 7. The van der Waals surface area contributed by atoms with E-state index in [4.69, 9.17) is 9.47 Å². The van der Waals surface area contributed by atoms with Crippen molar-refractivity contribution in [1.29, 1.82) is 0 Å². The third kappa shape index (κ3) is 12.6. The van der Waals surface area contributed by atoms with Crippen LogP contribution < -0.4 is 10.6 Å². The molecule has 286 valence electrons. The molecule has 0 bridgehead atoms. The van der Waals surface area contributed by atoms with Gasteiger partial charge in [0.2, 0.25) is 5.91 Å². The van der Waals surface area contributed by atoms with E-state index in [1.165, 1.54) is 32.1 Å². The number of ether oxygens (including phenoxy) is 2. The smallest absolute Gasteiger partial charge is 0.407 e. The van der Waals surface area contributed by atoms with Crippen molar-refractivity contribution in [2.24, 2.45) is 17.8 Å². The highest BCUT2D eigenvalue weighted by molar-refractivity contribution is 6.00. The number of fused-ring (bicyclic) bond motifs is 1. The fourth-order valence-corrected chi connectivity index (χ4v) is 7.35. The van der Waals surface area contributed by atoms with E-state index in [2.05, 4.69) is 15.5 Å². The van der Waals surface area contributed by atoms with Gasteiger partial charge in [-0.25, -0.2) is 18.4 Å². The molecule has 4 rings (SSSR count). The number of alkyl halides is 2. The molecule has 2 aromatic rings. The third-order valence-electron chi connectivity index (χ3n) is 9.93. The van der Waals surface area contributed by atoms with E-state index >= 15 is 0 Å². The predicted octanol–water partition coefficient (Wildman–Crippen LogP) is 7.87. The highest BCUT2D eigenvalue weighted by Gasteiger charge is 2.41. The van der Waals surface area contributed by atoms with Crippen LogP contribution >= 0.6 is 0 Å². The van der Waals surface area contributed by atoms with Gasteiger partial charge in [0.25, 0.3) is 0 Å². The monoisotopic (exact) mass is 718 g/mol. The molecule has 0 spiro atoms. The Balaban J connectivity index is 0.000000319. The number of anilines is 1. The third-order valence-corrected chi connectivity index (χ3v) is 9.93. The van der Waals surface area contributed by atoms with Crippen LogP contribution in [0.2, 0.25) is 0 Å². The summed E-state index contributed by atoms with van der Waals surface area (Å²) in [6, 6.07) is 6.58. The molecule has 1 saturated heterocycles. The largest absolute Gasteiger partial charge is 0.461 e. The maximum Gasteiger partial charge on any atom is 0.407 e. The molecule has 4 atom stereocenters. The number of alkyl carbamates (subject to hydrolysis) is 1. The Hall–Kier alpha value is -3.54. The zero-order valence-electron chi connectivity index (χ0n) is 31.5. The molecule has 1 aromatic heterocycles. The highest BCUT2D eigenvalue weighted by atomic mass is 19.1. The van der Waals surface area contributed by atoms with Crippen molar-refractivity contribution < 1.29 is 37.4 Å². The fraction of sp³-hybridized carbons (Fsp3) is 0.692.